The zero-order valence-electron chi connectivity index (χ0n) is 18.9. The largest absolute Gasteiger partial charge is 0.479 e. The highest BCUT2D eigenvalue weighted by molar-refractivity contribution is 6.33. The van der Waals surface area contributed by atoms with Crippen molar-refractivity contribution in [3.63, 3.8) is 0 Å². The van der Waals surface area contributed by atoms with Crippen LogP contribution in [0, 0.1) is 5.82 Å². The van der Waals surface area contributed by atoms with E-state index in [0.717, 1.165) is 7.11 Å². The molecule has 1 heterocycles. The Hall–Kier alpha value is -3.31. The van der Waals surface area contributed by atoms with E-state index in [0.29, 0.717) is 30.0 Å². The molecular weight excluding hydrogens is 492 g/mol. The van der Waals surface area contributed by atoms with Crippen molar-refractivity contribution in [1.29, 1.82) is 0 Å². The number of aryl methyl sites for hydroxylation is 1. The molecule has 1 amide bonds. The number of nitrogens with one attached hydrogen (secondary N) is 1. The van der Waals surface area contributed by atoms with Crippen molar-refractivity contribution in [1.82, 2.24) is 20.3 Å². The number of hydrogen-bond acceptors (Lipinski definition) is 6. The van der Waals surface area contributed by atoms with E-state index in [1.165, 1.54) is 30.3 Å². The van der Waals surface area contributed by atoms with Crippen LogP contribution in [0.4, 0.5) is 17.6 Å². The van der Waals surface area contributed by atoms with Crippen LogP contribution in [0.2, 0.25) is 5.02 Å². The number of carbonyl (C=O) groups is 1. The first-order valence-corrected chi connectivity index (χ1v) is 10.7. The minimum absolute atomic E-state index is 0.0231. The average Bonchev–Trinajstić information content (AvgIpc) is 2.81. The van der Waals surface area contributed by atoms with Crippen LogP contribution >= 0.6 is 11.6 Å². The van der Waals surface area contributed by atoms with E-state index in [4.69, 9.17) is 11.6 Å². The van der Waals surface area contributed by atoms with Crippen LogP contribution in [-0.2, 0) is 22.5 Å². The van der Waals surface area contributed by atoms with Gasteiger partial charge in [-0.15, -0.1) is 0 Å². The first-order valence-electron chi connectivity index (χ1n) is 10.3. The summed E-state index contributed by atoms with van der Waals surface area (Å²) < 4.78 is 58.0. The molecule has 0 saturated heterocycles. The van der Waals surface area contributed by atoms with Crippen LogP contribution in [0.15, 0.2) is 36.4 Å². The summed E-state index contributed by atoms with van der Waals surface area (Å²) in [5.41, 5.74) is -1.53. The molecule has 186 valence electrons. The molecule has 0 radical (unpaired) electrons. The van der Waals surface area contributed by atoms with E-state index in [-0.39, 0.29) is 34.6 Å². The number of halogens is 5. The Balaban J connectivity index is 1.92. The van der Waals surface area contributed by atoms with Crippen molar-refractivity contribution >= 4 is 17.5 Å². The van der Waals surface area contributed by atoms with E-state index in [1.807, 2.05) is 0 Å². The topological polar surface area (TPSA) is 97.2 Å². The molecule has 2 N–H and O–H groups in total. The van der Waals surface area contributed by atoms with Gasteiger partial charge in [0.25, 0.3) is 5.91 Å². The third-order valence-corrected chi connectivity index (χ3v) is 5.75. The van der Waals surface area contributed by atoms with Gasteiger partial charge in [-0.1, -0.05) is 24.6 Å². The lowest BCUT2D eigenvalue weighted by Gasteiger charge is -2.29. The first-order chi connectivity index (χ1) is 16.4. The Kier molecular flexibility index (Phi) is 7.61. The second-order valence-corrected chi connectivity index (χ2v) is 8.08. The molecule has 2 aromatic carbocycles. The molecule has 0 fully saturated rings. The molecule has 0 bridgehead atoms. The van der Waals surface area contributed by atoms with Crippen LogP contribution in [0.3, 0.4) is 0 Å². The number of methoxy groups -OCH3 is 1. The fourth-order valence-corrected chi connectivity index (χ4v) is 3.34. The Morgan fingerprint density at radius 2 is 1.80 bits per heavy atom. The van der Waals surface area contributed by atoms with Crippen molar-refractivity contribution in [3.8, 4) is 28.8 Å². The molecule has 0 aliphatic rings. The number of carbonyl (C=O) groups excluding carboxylic acids is 1. The van der Waals surface area contributed by atoms with Gasteiger partial charge in [-0.2, -0.15) is 23.1 Å². The van der Waals surface area contributed by atoms with Gasteiger partial charge in [0.15, 0.2) is 11.6 Å². The van der Waals surface area contributed by atoms with Crippen molar-refractivity contribution in [2.75, 3.05) is 7.11 Å². The highest BCUT2D eigenvalue weighted by Gasteiger charge is 2.57. The second kappa shape index (κ2) is 10.1. The third kappa shape index (κ3) is 5.51. The molecule has 3 rings (SSSR count). The van der Waals surface area contributed by atoms with Crippen LogP contribution in [0.25, 0.3) is 22.8 Å². The van der Waals surface area contributed by atoms with Crippen molar-refractivity contribution in [2.24, 2.45) is 0 Å². The molecule has 0 spiro atoms. The maximum absolute atomic E-state index is 13.9. The quantitative estimate of drug-likeness (QED) is 0.439. The number of nitrogens with zero attached hydrogens (tertiary/aromatic N) is 3. The summed E-state index contributed by atoms with van der Waals surface area (Å²) in [5.74, 6) is -1.71. The summed E-state index contributed by atoms with van der Waals surface area (Å²) in [6.07, 6.45) is -4.49. The normalized spacial score (nSPS) is 13.4. The monoisotopic (exact) mass is 512 g/mol. The third-order valence-electron chi connectivity index (χ3n) is 5.42. The zero-order valence-corrected chi connectivity index (χ0v) is 19.6. The standard InChI is InChI=1S/C23H21ClF4N4O3/c1-4-13-10-14(6-8-17(13)25)18-30-19(32-21(34)31-18)15-9-12(5-7-16(15)24)11-29-20(33)22(2,35-3)23(26,27)28/h5-10H,4,11H2,1-3H3,(H,29,33)(H,30,31,32,34)/t22-/m1/s1. The SMILES string of the molecule is CCc1cc(-c2nc(O)nc(-c3cc(CNC(=O)[C@@](C)(OC)C(F)(F)F)ccc3Cl)n2)ccc1F. The average molecular weight is 513 g/mol. The summed E-state index contributed by atoms with van der Waals surface area (Å²) in [6.45, 7) is 2.14. The molecule has 0 aliphatic heterocycles. The smallest absolute Gasteiger partial charge is 0.426 e. The van der Waals surface area contributed by atoms with Gasteiger partial charge in [0, 0.05) is 24.8 Å². The van der Waals surface area contributed by atoms with Crippen molar-refractivity contribution < 1.29 is 32.2 Å². The van der Waals surface area contributed by atoms with Gasteiger partial charge in [0.05, 0.1) is 5.02 Å². The van der Waals surface area contributed by atoms with Gasteiger partial charge in [0.1, 0.15) is 5.82 Å². The maximum atomic E-state index is 13.9. The molecule has 3 aromatic rings. The molecule has 7 nitrogen and oxygen atoms in total. The van der Waals surface area contributed by atoms with Gasteiger partial charge in [0.2, 0.25) is 5.60 Å². The van der Waals surface area contributed by atoms with Gasteiger partial charge >= 0.3 is 12.2 Å². The number of aromatic hydroxyl groups is 1. The molecule has 12 heteroatoms. The highest BCUT2D eigenvalue weighted by Crippen LogP contribution is 2.33. The number of benzene rings is 2. The highest BCUT2D eigenvalue weighted by atomic mass is 35.5. The van der Waals surface area contributed by atoms with Crippen molar-refractivity contribution in [2.45, 2.75) is 38.6 Å². The summed E-state index contributed by atoms with van der Waals surface area (Å²) in [6, 6.07) is 8.07. The number of ether oxygens (including phenoxy) is 1. The molecule has 35 heavy (non-hydrogen) atoms. The predicted octanol–water partition coefficient (Wildman–Crippen LogP) is 4.85. The van der Waals surface area contributed by atoms with E-state index in [2.05, 4.69) is 25.0 Å². The number of hydrogen-bond donors (Lipinski definition) is 2. The van der Waals surface area contributed by atoms with Crippen LogP contribution < -0.4 is 5.32 Å². The fraction of sp³-hybridized carbons (Fsp3) is 0.304. The van der Waals surface area contributed by atoms with Gasteiger partial charge < -0.3 is 15.2 Å². The van der Waals surface area contributed by atoms with Crippen molar-refractivity contribution in [3.05, 3.63) is 58.4 Å². The Morgan fingerprint density at radius 1 is 1.11 bits per heavy atom. The van der Waals surface area contributed by atoms with Crippen LogP contribution in [0.5, 0.6) is 6.01 Å². The van der Waals surface area contributed by atoms with E-state index in [1.54, 1.807) is 13.0 Å². The molecule has 1 aromatic heterocycles. The molecule has 1 atom stereocenters. The number of rotatable bonds is 7. The first kappa shape index (κ1) is 26.3. The molecule has 0 saturated carbocycles. The second-order valence-electron chi connectivity index (χ2n) is 7.67. The Bertz CT molecular complexity index is 1260. The van der Waals surface area contributed by atoms with E-state index >= 15 is 0 Å². The number of alkyl halides is 3. The van der Waals surface area contributed by atoms with E-state index < -0.39 is 23.7 Å². The maximum Gasteiger partial charge on any atom is 0.426 e. The summed E-state index contributed by atoms with van der Waals surface area (Å²) in [4.78, 5) is 24.3. The number of amides is 1. The minimum atomic E-state index is -4.92. The van der Waals surface area contributed by atoms with Gasteiger partial charge in [-0.3, -0.25) is 4.79 Å². The molecular formula is C23H21ClF4N4O3. The predicted molar refractivity (Wildman–Crippen MR) is 120 cm³/mol. The number of aromatic nitrogens is 3. The van der Waals surface area contributed by atoms with Gasteiger partial charge in [-0.25, -0.2) is 9.37 Å². The zero-order chi connectivity index (χ0) is 26.0. The van der Waals surface area contributed by atoms with Crippen LogP contribution in [-0.4, -0.2) is 44.9 Å². The summed E-state index contributed by atoms with van der Waals surface area (Å²) in [5, 5.41) is 12.4. The lowest BCUT2D eigenvalue weighted by Crippen LogP contribution is -2.55. The summed E-state index contributed by atoms with van der Waals surface area (Å²) in [7, 11) is 0.795. The lowest BCUT2D eigenvalue weighted by molar-refractivity contribution is -0.253. The molecule has 0 aliphatic carbocycles. The van der Waals surface area contributed by atoms with Gasteiger partial charge in [-0.05, 0) is 54.8 Å². The Morgan fingerprint density at radius 3 is 2.43 bits per heavy atom. The fourth-order valence-electron chi connectivity index (χ4n) is 3.14. The summed E-state index contributed by atoms with van der Waals surface area (Å²) >= 11 is 6.28. The van der Waals surface area contributed by atoms with E-state index in [9.17, 15) is 27.5 Å². The van der Waals surface area contributed by atoms with Crippen LogP contribution in [0.1, 0.15) is 25.0 Å². The molecule has 0 unspecified atom stereocenters. The Labute approximate surface area is 203 Å². The lowest BCUT2D eigenvalue weighted by atomic mass is 10.0. The minimum Gasteiger partial charge on any atom is -0.479 e.